The summed E-state index contributed by atoms with van der Waals surface area (Å²) in [5.41, 5.74) is 2.87. The zero-order valence-corrected chi connectivity index (χ0v) is 11.9. The van der Waals surface area contributed by atoms with Crippen LogP contribution in [0.5, 0.6) is 0 Å². The highest BCUT2D eigenvalue weighted by Crippen LogP contribution is 2.21. The number of aliphatic carboxylic acids is 1. The maximum absolute atomic E-state index is 12.5. The molecule has 0 saturated carbocycles. The number of ether oxygens (including phenoxy) is 1. The van der Waals surface area contributed by atoms with Gasteiger partial charge in [-0.05, 0) is 43.7 Å². The number of carboxylic acid groups (broad SMARTS) is 1. The second kappa shape index (κ2) is 6.70. The number of nitrogens with zero attached hydrogens (tertiary/aromatic N) is 1. The third-order valence-corrected chi connectivity index (χ3v) is 3.80. The molecule has 0 saturated heterocycles. The fourth-order valence-electron chi connectivity index (χ4n) is 2.78. The van der Waals surface area contributed by atoms with Crippen molar-refractivity contribution < 1.29 is 14.6 Å². The normalized spacial score (nSPS) is 14.1. The van der Waals surface area contributed by atoms with Crippen LogP contribution in [-0.2, 0) is 35.3 Å². The molecule has 0 bridgehead atoms. The second-order valence-electron chi connectivity index (χ2n) is 5.19. The lowest BCUT2D eigenvalue weighted by atomic mass is 9.93. The highest BCUT2D eigenvalue weighted by molar-refractivity contribution is 5.67. The molecule has 0 aromatic carbocycles. The molecule has 1 N–H and O–H groups in total. The lowest BCUT2D eigenvalue weighted by Crippen LogP contribution is -2.31. The number of pyridine rings is 1. The van der Waals surface area contributed by atoms with E-state index in [-0.39, 0.29) is 12.0 Å². The van der Waals surface area contributed by atoms with Crippen LogP contribution in [0.4, 0.5) is 0 Å². The maximum atomic E-state index is 12.5. The van der Waals surface area contributed by atoms with E-state index in [0.717, 1.165) is 31.4 Å². The van der Waals surface area contributed by atoms with Gasteiger partial charge in [0.05, 0.1) is 6.61 Å². The first kappa shape index (κ1) is 14.8. The monoisotopic (exact) mass is 279 g/mol. The summed E-state index contributed by atoms with van der Waals surface area (Å²) in [6, 6.07) is 1.92. The van der Waals surface area contributed by atoms with E-state index in [9.17, 15) is 9.59 Å². The van der Waals surface area contributed by atoms with Gasteiger partial charge in [0, 0.05) is 31.3 Å². The van der Waals surface area contributed by atoms with Gasteiger partial charge in [-0.1, -0.05) is 0 Å². The van der Waals surface area contributed by atoms with E-state index in [4.69, 9.17) is 9.84 Å². The van der Waals surface area contributed by atoms with E-state index in [0.29, 0.717) is 25.1 Å². The van der Waals surface area contributed by atoms with Gasteiger partial charge in [-0.15, -0.1) is 0 Å². The first-order chi connectivity index (χ1) is 9.63. The number of carbonyl (C=O) groups is 1. The van der Waals surface area contributed by atoms with Gasteiger partial charge in [0.1, 0.15) is 0 Å². The molecule has 5 nitrogen and oxygen atoms in total. The van der Waals surface area contributed by atoms with E-state index in [1.165, 1.54) is 5.56 Å². The Morgan fingerprint density at radius 3 is 2.85 bits per heavy atom. The Kier molecular flexibility index (Phi) is 4.95. The minimum absolute atomic E-state index is 0.00168. The molecule has 1 aromatic heterocycles. The minimum atomic E-state index is -0.870. The first-order valence-electron chi connectivity index (χ1n) is 7.08. The van der Waals surface area contributed by atoms with Crippen LogP contribution in [0, 0.1) is 0 Å². The Morgan fingerprint density at radius 1 is 1.40 bits per heavy atom. The van der Waals surface area contributed by atoms with Crippen LogP contribution < -0.4 is 5.56 Å². The predicted octanol–water partition coefficient (Wildman–Crippen LogP) is 1.39. The second-order valence-corrected chi connectivity index (χ2v) is 5.19. The van der Waals surface area contributed by atoms with Crippen molar-refractivity contribution in [2.75, 3.05) is 13.7 Å². The molecular weight excluding hydrogens is 258 g/mol. The fraction of sp³-hybridized carbons (Fsp3) is 0.600. The van der Waals surface area contributed by atoms with Gasteiger partial charge < -0.3 is 14.4 Å². The molecule has 0 spiro atoms. The fourth-order valence-corrected chi connectivity index (χ4v) is 2.78. The molecule has 0 aliphatic heterocycles. The number of carboxylic acids is 1. The number of aryl methyl sites for hydroxylation is 2. The topological polar surface area (TPSA) is 68.5 Å². The summed E-state index contributed by atoms with van der Waals surface area (Å²) < 4.78 is 6.86. The molecule has 1 aliphatic rings. The van der Waals surface area contributed by atoms with Crippen LogP contribution in [0.15, 0.2) is 10.9 Å². The van der Waals surface area contributed by atoms with Crippen LogP contribution in [0.25, 0.3) is 0 Å². The van der Waals surface area contributed by atoms with E-state index in [1.807, 2.05) is 6.07 Å². The van der Waals surface area contributed by atoms with Crippen molar-refractivity contribution >= 4 is 5.97 Å². The van der Waals surface area contributed by atoms with Crippen molar-refractivity contribution in [3.05, 3.63) is 33.2 Å². The quantitative estimate of drug-likeness (QED) is 0.854. The highest BCUT2D eigenvalue weighted by Gasteiger charge is 2.17. The molecule has 5 heteroatoms. The predicted molar refractivity (Wildman–Crippen MR) is 75.2 cm³/mol. The molecule has 0 fully saturated rings. The summed E-state index contributed by atoms with van der Waals surface area (Å²) in [6.45, 7) is 1.04. The zero-order valence-electron chi connectivity index (χ0n) is 11.9. The van der Waals surface area contributed by atoms with Crippen molar-refractivity contribution in [2.45, 2.75) is 45.1 Å². The molecule has 20 heavy (non-hydrogen) atoms. The van der Waals surface area contributed by atoms with Crippen LogP contribution in [0.2, 0.25) is 0 Å². The Balaban J connectivity index is 2.37. The van der Waals surface area contributed by atoms with Crippen LogP contribution in [-0.4, -0.2) is 29.4 Å². The Labute approximate surface area is 118 Å². The van der Waals surface area contributed by atoms with E-state index in [2.05, 4.69) is 0 Å². The van der Waals surface area contributed by atoms with Gasteiger partial charge in [-0.25, -0.2) is 0 Å². The average molecular weight is 279 g/mol. The Morgan fingerprint density at radius 2 is 2.15 bits per heavy atom. The SMILES string of the molecule is COCCn1c2c(cc(CCC(=O)O)c1=O)CCCC2. The summed E-state index contributed by atoms with van der Waals surface area (Å²) in [4.78, 5) is 23.2. The number of aromatic nitrogens is 1. The largest absolute Gasteiger partial charge is 0.481 e. The average Bonchev–Trinajstić information content (AvgIpc) is 2.44. The van der Waals surface area contributed by atoms with Gasteiger partial charge in [0.15, 0.2) is 0 Å². The molecule has 2 rings (SSSR count). The number of methoxy groups -OCH3 is 1. The lowest BCUT2D eigenvalue weighted by molar-refractivity contribution is -0.136. The van der Waals surface area contributed by atoms with Gasteiger partial charge in [-0.3, -0.25) is 9.59 Å². The van der Waals surface area contributed by atoms with Gasteiger partial charge in [0.2, 0.25) is 0 Å². The summed E-state index contributed by atoms with van der Waals surface area (Å²) in [5, 5.41) is 8.79. The molecule has 1 aromatic rings. The van der Waals surface area contributed by atoms with E-state index >= 15 is 0 Å². The van der Waals surface area contributed by atoms with E-state index < -0.39 is 5.97 Å². The molecular formula is C15H21NO4. The number of hydrogen-bond donors (Lipinski definition) is 1. The first-order valence-corrected chi connectivity index (χ1v) is 7.08. The molecule has 0 amide bonds. The third kappa shape index (κ3) is 3.28. The van der Waals surface area contributed by atoms with Crippen molar-refractivity contribution in [1.82, 2.24) is 4.57 Å². The Bertz CT molecular complexity index is 548. The van der Waals surface area contributed by atoms with Crippen molar-refractivity contribution in [2.24, 2.45) is 0 Å². The molecule has 0 radical (unpaired) electrons. The van der Waals surface area contributed by atoms with Gasteiger partial charge >= 0.3 is 5.97 Å². The van der Waals surface area contributed by atoms with Gasteiger partial charge in [-0.2, -0.15) is 0 Å². The number of rotatable bonds is 6. The Hall–Kier alpha value is -1.62. The van der Waals surface area contributed by atoms with Crippen LogP contribution >= 0.6 is 0 Å². The van der Waals surface area contributed by atoms with Crippen LogP contribution in [0.1, 0.15) is 36.1 Å². The van der Waals surface area contributed by atoms with Crippen molar-refractivity contribution in [1.29, 1.82) is 0 Å². The summed E-state index contributed by atoms with van der Waals surface area (Å²) >= 11 is 0. The standard InChI is InChI=1S/C15H21NO4/c1-20-9-8-16-13-5-3-2-4-11(13)10-12(15(16)19)6-7-14(17)18/h10H,2-9H2,1H3,(H,17,18). The number of fused-ring (bicyclic) bond motifs is 1. The third-order valence-electron chi connectivity index (χ3n) is 3.80. The van der Waals surface area contributed by atoms with Gasteiger partial charge in [0.25, 0.3) is 5.56 Å². The summed E-state index contributed by atoms with van der Waals surface area (Å²) in [6.07, 6.45) is 4.44. The minimum Gasteiger partial charge on any atom is -0.481 e. The summed E-state index contributed by atoms with van der Waals surface area (Å²) in [7, 11) is 1.62. The number of hydrogen-bond acceptors (Lipinski definition) is 3. The zero-order chi connectivity index (χ0) is 14.5. The molecule has 1 heterocycles. The smallest absolute Gasteiger partial charge is 0.303 e. The molecule has 0 unspecified atom stereocenters. The van der Waals surface area contributed by atoms with Crippen molar-refractivity contribution in [3.8, 4) is 0 Å². The van der Waals surface area contributed by atoms with Crippen LogP contribution in [0.3, 0.4) is 0 Å². The molecule has 110 valence electrons. The molecule has 0 atom stereocenters. The highest BCUT2D eigenvalue weighted by atomic mass is 16.5. The summed E-state index contributed by atoms with van der Waals surface area (Å²) in [5.74, 6) is -0.870. The van der Waals surface area contributed by atoms with Crippen molar-refractivity contribution in [3.63, 3.8) is 0 Å². The lowest BCUT2D eigenvalue weighted by Gasteiger charge is -2.22. The van der Waals surface area contributed by atoms with E-state index in [1.54, 1.807) is 11.7 Å². The molecule has 1 aliphatic carbocycles. The maximum Gasteiger partial charge on any atom is 0.303 e.